The Labute approximate surface area is 71.5 Å². The van der Waals surface area contributed by atoms with E-state index in [0.29, 0.717) is 4.83 Å². The average Bonchev–Trinajstić information content (AvgIpc) is 2.49. The number of fused-ring (bicyclic) bond motifs is 1. The molecule has 2 aromatic heterocycles. The van der Waals surface area contributed by atoms with Crippen LogP contribution in [-0.4, -0.2) is 21.0 Å². The number of nitrogens with zero attached hydrogens (tertiary/aromatic N) is 2. The van der Waals surface area contributed by atoms with E-state index >= 15 is 0 Å². The highest BCUT2D eigenvalue weighted by Crippen LogP contribution is 2.14. The Hall–Kier alpha value is -1.49. The molecule has 5 heteroatoms. The molecule has 60 valence electrons. The Bertz CT molecular complexity index is 438. The Morgan fingerprint density at radius 3 is 3.08 bits per heavy atom. The molecule has 0 fully saturated rings. The second-order valence-electron chi connectivity index (χ2n) is 2.18. The van der Waals surface area contributed by atoms with Crippen LogP contribution in [0.1, 0.15) is 10.5 Å². The van der Waals surface area contributed by atoms with Crippen molar-refractivity contribution in [1.82, 2.24) is 9.97 Å². The lowest BCUT2D eigenvalue weighted by Crippen LogP contribution is -1.98. The summed E-state index contributed by atoms with van der Waals surface area (Å²) in [6.07, 6.45) is 0. The molecule has 0 spiro atoms. The van der Waals surface area contributed by atoms with Crippen molar-refractivity contribution in [2.75, 3.05) is 0 Å². The van der Waals surface area contributed by atoms with Crippen molar-refractivity contribution in [1.29, 1.82) is 0 Å². The topological polar surface area (TPSA) is 63.1 Å². The second kappa shape index (κ2) is 2.53. The van der Waals surface area contributed by atoms with Crippen LogP contribution in [0.5, 0.6) is 0 Å². The van der Waals surface area contributed by atoms with Crippen molar-refractivity contribution in [2.45, 2.75) is 0 Å². The van der Waals surface area contributed by atoms with Crippen LogP contribution in [0.4, 0.5) is 0 Å². The first-order chi connectivity index (χ1) is 5.77. The highest BCUT2D eigenvalue weighted by molar-refractivity contribution is 7.16. The Balaban J connectivity index is 2.68. The van der Waals surface area contributed by atoms with Crippen molar-refractivity contribution in [2.24, 2.45) is 0 Å². The maximum atomic E-state index is 10.5. The molecule has 0 aliphatic heterocycles. The summed E-state index contributed by atoms with van der Waals surface area (Å²) in [4.78, 5) is 19.0. The molecule has 0 radical (unpaired) electrons. The van der Waals surface area contributed by atoms with Crippen molar-refractivity contribution in [3.8, 4) is 0 Å². The molecule has 1 N–H and O–H groups in total. The van der Waals surface area contributed by atoms with Gasteiger partial charge in [0.15, 0.2) is 0 Å². The highest BCUT2D eigenvalue weighted by Gasteiger charge is 2.05. The summed E-state index contributed by atoms with van der Waals surface area (Å²) in [5.41, 5.74) is 2.44. The fraction of sp³-hybridized carbons (Fsp3) is 0. The zero-order valence-corrected chi connectivity index (χ0v) is 6.71. The van der Waals surface area contributed by atoms with Crippen LogP contribution in [-0.2, 0) is 0 Å². The number of hydrogen-bond acceptors (Lipinski definition) is 4. The molecule has 0 atom stereocenters. The summed E-state index contributed by atoms with van der Waals surface area (Å²) < 4.78 is 0. The van der Waals surface area contributed by atoms with Gasteiger partial charge in [0, 0.05) is 0 Å². The first kappa shape index (κ1) is 7.17. The lowest BCUT2D eigenvalue weighted by molar-refractivity contribution is 0.0691. The first-order valence-electron chi connectivity index (χ1n) is 3.21. The fourth-order valence-corrected chi connectivity index (χ4v) is 1.53. The molecule has 0 unspecified atom stereocenters. The zero-order chi connectivity index (χ0) is 8.55. The highest BCUT2D eigenvalue weighted by atomic mass is 32.1. The fourth-order valence-electron chi connectivity index (χ4n) is 0.870. The monoisotopic (exact) mass is 180 g/mol. The molecular weight excluding hydrogens is 176 g/mol. The van der Waals surface area contributed by atoms with E-state index in [0.717, 1.165) is 5.52 Å². The third-order valence-electron chi connectivity index (χ3n) is 1.42. The maximum absolute atomic E-state index is 10.5. The smallest absolute Gasteiger partial charge is 0.354 e. The van der Waals surface area contributed by atoms with Crippen LogP contribution in [0.15, 0.2) is 17.6 Å². The third-order valence-corrected chi connectivity index (χ3v) is 2.15. The number of pyridine rings is 1. The molecule has 0 aromatic carbocycles. The van der Waals surface area contributed by atoms with Gasteiger partial charge < -0.3 is 5.11 Å². The number of carboxylic acids is 1. The zero-order valence-electron chi connectivity index (χ0n) is 5.89. The van der Waals surface area contributed by atoms with E-state index in [4.69, 9.17) is 5.11 Å². The number of carboxylic acid groups (broad SMARTS) is 1. The largest absolute Gasteiger partial charge is 0.477 e. The van der Waals surface area contributed by atoms with Gasteiger partial charge in [-0.25, -0.2) is 14.8 Å². The summed E-state index contributed by atoms with van der Waals surface area (Å²) in [6, 6.07) is 3.10. The Morgan fingerprint density at radius 1 is 1.50 bits per heavy atom. The van der Waals surface area contributed by atoms with E-state index < -0.39 is 5.97 Å². The van der Waals surface area contributed by atoms with Crippen LogP contribution in [0, 0.1) is 0 Å². The molecule has 0 saturated heterocycles. The SMILES string of the molecule is O=C(O)c1ccc2ncsc2n1. The predicted octanol–water partition coefficient (Wildman–Crippen LogP) is 1.39. The predicted molar refractivity (Wildman–Crippen MR) is 44.4 cm³/mol. The second-order valence-corrected chi connectivity index (χ2v) is 3.01. The number of aromatic nitrogens is 2. The van der Waals surface area contributed by atoms with Gasteiger partial charge in [0.05, 0.1) is 11.0 Å². The minimum atomic E-state index is -1.01. The molecule has 2 rings (SSSR count). The molecule has 12 heavy (non-hydrogen) atoms. The van der Waals surface area contributed by atoms with Crippen molar-refractivity contribution >= 4 is 27.7 Å². The first-order valence-corrected chi connectivity index (χ1v) is 4.09. The van der Waals surface area contributed by atoms with E-state index in [1.54, 1.807) is 11.6 Å². The van der Waals surface area contributed by atoms with Crippen molar-refractivity contribution in [3.05, 3.63) is 23.3 Å². The average molecular weight is 180 g/mol. The molecule has 0 bridgehead atoms. The van der Waals surface area contributed by atoms with E-state index in [1.165, 1.54) is 17.4 Å². The van der Waals surface area contributed by atoms with Crippen molar-refractivity contribution in [3.63, 3.8) is 0 Å². The lowest BCUT2D eigenvalue weighted by Gasteiger charge is -1.90. The molecule has 2 heterocycles. The molecule has 0 amide bonds. The standard InChI is InChI=1S/C7H4N2O2S/c10-7(11)5-2-1-4-6(9-5)12-3-8-4/h1-3H,(H,10,11). The van der Waals surface area contributed by atoms with Gasteiger partial charge in [0.2, 0.25) is 0 Å². The Kier molecular flexibility index (Phi) is 1.51. The lowest BCUT2D eigenvalue weighted by atomic mass is 10.3. The van der Waals surface area contributed by atoms with Crippen LogP contribution >= 0.6 is 11.3 Å². The molecule has 0 aliphatic carbocycles. The van der Waals surface area contributed by atoms with Gasteiger partial charge >= 0.3 is 5.97 Å². The van der Waals surface area contributed by atoms with Gasteiger partial charge in [-0.05, 0) is 12.1 Å². The van der Waals surface area contributed by atoms with Crippen LogP contribution in [0.25, 0.3) is 10.3 Å². The third kappa shape index (κ3) is 1.04. The summed E-state index contributed by atoms with van der Waals surface area (Å²) in [5, 5.41) is 8.60. The Morgan fingerprint density at radius 2 is 2.33 bits per heavy atom. The number of rotatable bonds is 1. The normalized spacial score (nSPS) is 10.3. The van der Waals surface area contributed by atoms with Gasteiger partial charge in [-0.3, -0.25) is 0 Å². The molecule has 0 aliphatic rings. The van der Waals surface area contributed by atoms with Crippen LogP contribution < -0.4 is 0 Å². The quantitative estimate of drug-likeness (QED) is 0.720. The van der Waals surface area contributed by atoms with E-state index in [1.807, 2.05) is 0 Å². The van der Waals surface area contributed by atoms with Gasteiger partial charge in [-0.1, -0.05) is 0 Å². The minimum absolute atomic E-state index is 0.0618. The molecule has 2 aromatic rings. The van der Waals surface area contributed by atoms with E-state index in [2.05, 4.69) is 9.97 Å². The van der Waals surface area contributed by atoms with Gasteiger partial charge in [0.1, 0.15) is 10.5 Å². The van der Waals surface area contributed by atoms with E-state index in [9.17, 15) is 4.79 Å². The van der Waals surface area contributed by atoms with Gasteiger partial charge in [-0.15, -0.1) is 11.3 Å². The molecular formula is C7H4N2O2S. The number of hydrogen-bond donors (Lipinski definition) is 1. The van der Waals surface area contributed by atoms with E-state index in [-0.39, 0.29) is 5.69 Å². The number of aromatic carboxylic acids is 1. The van der Waals surface area contributed by atoms with Crippen molar-refractivity contribution < 1.29 is 9.90 Å². The van der Waals surface area contributed by atoms with Crippen LogP contribution in [0.2, 0.25) is 0 Å². The maximum Gasteiger partial charge on any atom is 0.354 e. The number of thiazole rings is 1. The summed E-state index contributed by atoms with van der Waals surface area (Å²) >= 11 is 1.33. The van der Waals surface area contributed by atoms with Gasteiger partial charge in [-0.2, -0.15) is 0 Å². The molecule has 0 saturated carbocycles. The minimum Gasteiger partial charge on any atom is -0.477 e. The summed E-state index contributed by atoms with van der Waals surface area (Å²) in [6.45, 7) is 0. The van der Waals surface area contributed by atoms with Gasteiger partial charge in [0.25, 0.3) is 0 Å². The summed E-state index contributed by atoms with van der Waals surface area (Å²) in [5.74, 6) is -1.01. The molecule has 4 nitrogen and oxygen atoms in total. The summed E-state index contributed by atoms with van der Waals surface area (Å²) in [7, 11) is 0. The number of carbonyl (C=O) groups is 1. The van der Waals surface area contributed by atoms with Crippen LogP contribution in [0.3, 0.4) is 0 Å².